The molecule has 0 aliphatic carbocycles. The molecule has 0 aliphatic heterocycles. The van der Waals surface area contributed by atoms with Crippen molar-refractivity contribution in [1.29, 1.82) is 0 Å². The molecule has 0 aromatic carbocycles. The molecule has 2 heteroatoms. The lowest BCUT2D eigenvalue weighted by Crippen LogP contribution is -1.96. The third kappa shape index (κ3) is 6.00. The van der Waals surface area contributed by atoms with Gasteiger partial charge in [0, 0.05) is 19.6 Å². The Bertz CT molecular complexity index is 123. The molecule has 0 amide bonds. The number of methoxy groups -OCH3 is 1. The van der Waals surface area contributed by atoms with Gasteiger partial charge in [0.1, 0.15) is 0 Å². The number of ether oxygens (including phenoxy) is 1. The van der Waals surface area contributed by atoms with E-state index in [0.29, 0.717) is 5.92 Å². The van der Waals surface area contributed by atoms with Gasteiger partial charge in [-0.15, -0.1) is 0 Å². The second kappa shape index (κ2) is 6.98. The minimum atomic E-state index is 0.465. The van der Waals surface area contributed by atoms with Gasteiger partial charge in [-0.05, 0) is 17.9 Å². The zero-order valence-electron chi connectivity index (χ0n) is 6.81. The minimum Gasteiger partial charge on any atom is -0.385 e. The van der Waals surface area contributed by atoms with E-state index < -0.39 is 0 Å². The summed E-state index contributed by atoms with van der Waals surface area (Å²) in [4.78, 5) is 0. The lowest BCUT2D eigenvalue weighted by molar-refractivity contribution is 0.187. The summed E-state index contributed by atoms with van der Waals surface area (Å²) >= 11 is 1.56. The monoisotopic (exact) mass is 158 g/mol. The van der Waals surface area contributed by atoms with Gasteiger partial charge in [-0.1, -0.05) is 24.6 Å². The molecule has 10 heavy (non-hydrogen) atoms. The summed E-state index contributed by atoms with van der Waals surface area (Å²) in [5, 5.41) is 2.97. The molecule has 0 N–H and O–H groups in total. The molecule has 0 aromatic rings. The van der Waals surface area contributed by atoms with Crippen LogP contribution in [0.25, 0.3) is 0 Å². The van der Waals surface area contributed by atoms with Crippen molar-refractivity contribution in [3.63, 3.8) is 0 Å². The largest absolute Gasteiger partial charge is 0.385 e. The molecule has 0 radical (unpaired) electrons. The Labute approximate surface area is 67.5 Å². The van der Waals surface area contributed by atoms with Crippen LogP contribution in [0.5, 0.6) is 0 Å². The highest BCUT2D eigenvalue weighted by atomic mass is 32.2. The fourth-order valence-electron chi connectivity index (χ4n) is 0.526. The molecule has 0 saturated heterocycles. The summed E-state index contributed by atoms with van der Waals surface area (Å²) in [6, 6.07) is 0. The lowest BCUT2D eigenvalue weighted by Gasteiger charge is -2.00. The van der Waals surface area contributed by atoms with Crippen LogP contribution < -0.4 is 0 Å². The summed E-state index contributed by atoms with van der Waals surface area (Å²) in [5.41, 5.74) is 0. The van der Waals surface area contributed by atoms with E-state index in [0.717, 1.165) is 13.0 Å². The van der Waals surface area contributed by atoms with Gasteiger partial charge in [0.15, 0.2) is 0 Å². The van der Waals surface area contributed by atoms with Gasteiger partial charge in [0.25, 0.3) is 0 Å². The first kappa shape index (κ1) is 9.87. The first-order chi connectivity index (χ1) is 4.81. The van der Waals surface area contributed by atoms with Crippen molar-refractivity contribution in [3.8, 4) is 11.2 Å². The van der Waals surface area contributed by atoms with E-state index in [1.165, 1.54) is 0 Å². The molecule has 0 heterocycles. The molecule has 0 bridgehead atoms. The SMILES string of the molecule is COCCC(C)C#CSC. The Morgan fingerprint density at radius 2 is 2.30 bits per heavy atom. The van der Waals surface area contributed by atoms with Gasteiger partial charge in [0.2, 0.25) is 0 Å². The predicted octanol–water partition coefficient (Wildman–Crippen LogP) is 1.98. The molecular weight excluding hydrogens is 144 g/mol. The van der Waals surface area contributed by atoms with Gasteiger partial charge in [-0.3, -0.25) is 0 Å². The molecule has 0 rings (SSSR count). The summed E-state index contributed by atoms with van der Waals surface area (Å²) in [6.07, 6.45) is 3.01. The van der Waals surface area contributed by atoms with Gasteiger partial charge >= 0.3 is 0 Å². The summed E-state index contributed by atoms with van der Waals surface area (Å²) < 4.78 is 4.92. The molecule has 0 spiro atoms. The van der Waals surface area contributed by atoms with Crippen molar-refractivity contribution in [2.24, 2.45) is 5.92 Å². The quantitative estimate of drug-likeness (QED) is 0.581. The van der Waals surface area contributed by atoms with E-state index in [-0.39, 0.29) is 0 Å². The maximum atomic E-state index is 4.92. The summed E-state index contributed by atoms with van der Waals surface area (Å²) in [6.45, 7) is 2.92. The molecule has 1 atom stereocenters. The smallest absolute Gasteiger partial charge is 0.0473 e. The van der Waals surface area contributed by atoms with Crippen LogP contribution in [-0.4, -0.2) is 20.0 Å². The highest BCUT2D eigenvalue weighted by molar-refractivity contribution is 8.03. The minimum absolute atomic E-state index is 0.465. The van der Waals surface area contributed by atoms with Crippen LogP contribution in [0, 0.1) is 17.1 Å². The molecule has 0 aromatic heterocycles. The Balaban J connectivity index is 3.33. The van der Waals surface area contributed by atoms with Crippen LogP contribution in [0.3, 0.4) is 0 Å². The molecule has 1 unspecified atom stereocenters. The zero-order valence-corrected chi connectivity index (χ0v) is 7.62. The predicted molar refractivity (Wildman–Crippen MR) is 46.9 cm³/mol. The number of rotatable bonds is 3. The van der Waals surface area contributed by atoms with Crippen molar-refractivity contribution in [1.82, 2.24) is 0 Å². The fourth-order valence-corrected chi connectivity index (χ4v) is 0.845. The standard InChI is InChI=1S/C8H14OS/c1-8(4-6-9-2)5-7-10-3/h8H,4,6H2,1-3H3. The fraction of sp³-hybridized carbons (Fsp3) is 0.750. The zero-order chi connectivity index (χ0) is 7.82. The lowest BCUT2D eigenvalue weighted by atomic mass is 10.1. The first-order valence-electron chi connectivity index (χ1n) is 3.33. The molecule has 1 nitrogen and oxygen atoms in total. The molecule has 0 aliphatic rings. The Morgan fingerprint density at radius 1 is 1.60 bits per heavy atom. The maximum Gasteiger partial charge on any atom is 0.0473 e. The van der Waals surface area contributed by atoms with E-state index in [1.807, 2.05) is 6.26 Å². The Kier molecular flexibility index (Phi) is 6.89. The highest BCUT2D eigenvalue weighted by Gasteiger charge is 1.94. The topological polar surface area (TPSA) is 9.23 Å². The van der Waals surface area contributed by atoms with Gasteiger partial charge in [-0.2, -0.15) is 0 Å². The maximum absolute atomic E-state index is 4.92. The Hall–Kier alpha value is -0.130. The van der Waals surface area contributed by atoms with E-state index >= 15 is 0 Å². The van der Waals surface area contributed by atoms with E-state index in [9.17, 15) is 0 Å². The second-order valence-electron chi connectivity index (χ2n) is 2.13. The van der Waals surface area contributed by atoms with Crippen molar-refractivity contribution >= 4 is 11.8 Å². The van der Waals surface area contributed by atoms with Crippen LogP contribution in [-0.2, 0) is 4.74 Å². The van der Waals surface area contributed by atoms with Crippen LogP contribution >= 0.6 is 11.8 Å². The van der Waals surface area contributed by atoms with Crippen LogP contribution in [0.1, 0.15) is 13.3 Å². The third-order valence-corrected chi connectivity index (χ3v) is 1.48. The average Bonchev–Trinajstić information content (AvgIpc) is 1.97. The van der Waals surface area contributed by atoms with Gasteiger partial charge in [-0.25, -0.2) is 0 Å². The van der Waals surface area contributed by atoms with E-state index in [4.69, 9.17) is 4.74 Å². The number of hydrogen-bond donors (Lipinski definition) is 0. The van der Waals surface area contributed by atoms with Crippen molar-refractivity contribution in [2.75, 3.05) is 20.0 Å². The van der Waals surface area contributed by atoms with Crippen LogP contribution in [0.15, 0.2) is 0 Å². The normalized spacial score (nSPS) is 11.9. The number of hydrogen-bond acceptors (Lipinski definition) is 2. The van der Waals surface area contributed by atoms with Gasteiger partial charge < -0.3 is 4.74 Å². The van der Waals surface area contributed by atoms with Gasteiger partial charge in [0.05, 0.1) is 0 Å². The molecule has 58 valence electrons. The summed E-state index contributed by atoms with van der Waals surface area (Å²) in [7, 11) is 1.72. The molecule has 0 fully saturated rings. The van der Waals surface area contributed by atoms with E-state index in [1.54, 1.807) is 18.9 Å². The van der Waals surface area contributed by atoms with Crippen LogP contribution in [0.4, 0.5) is 0 Å². The van der Waals surface area contributed by atoms with Crippen molar-refractivity contribution in [3.05, 3.63) is 0 Å². The Morgan fingerprint density at radius 3 is 2.80 bits per heavy atom. The van der Waals surface area contributed by atoms with Crippen molar-refractivity contribution in [2.45, 2.75) is 13.3 Å². The molecule has 0 saturated carbocycles. The van der Waals surface area contributed by atoms with Crippen molar-refractivity contribution < 1.29 is 4.74 Å². The average molecular weight is 158 g/mol. The van der Waals surface area contributed by atoms with E-state index in [2.05, 4.69) is 18.1 Å². The third-order valence-electron chi connectivity index (χ3n) is 1.16. The molecular formula is C8H14OS. The summed E-state index contributed by atoms with van der Waals surface area (Å²) in [5.74, 6) is 3.57. The van der Waals surface area contributed by atoms with Crippen LogP contribution in [0.2, 0.25) is 0 Å². The second-order valence-corrected chi connectivity index (χ2v) is 2.75. The highest BCUT2D eigenvalue weighted by Crippen LogP contribution is 2.00. The first-order valence-corrected chi connectivity index (χ1v) is 4.56. The number of thioether (sulfide) groups is 1.